The molecule has 0 unspecified atom stereocenters. The van der Waals surface area contributed by atoms with E-state index in [4.69, 9.17) is 23.2 Å². The average Bonchev–Trinajstić information content (AvgIpc) is 2.92. The van der Waals surface area contributed by atoms with Gasteiger partial charge in [-0.1, -0.05) is 23.2 Å². The molecule has 82 valence electrons. The number of likely N-dealkylation sites (N-methyl/N-ethyl adjacent to an activating group) is 1. The van der Waals surface area contributed by atoms with Gasteiger partial charge in [0.1, 0.15) is 4.34 Å². The number of carbonyl (C=O) groups is 1. The summed E-state index contributed by atoms with van der Waals surface area (Å²) >= 11 is 12.9. The summed E-state index contributed by atoms with van der Waals surface area (Å²) < 4.78 is 1.06. The molecule has 0 aromatic carbocycles. The van der Waals surface area contributed by atoms with Crippen molar-refractivity contribution in [2.24, 2.45) is 0 Å². The summed E-state index contributed by atoms with van der Waals surface area (Å²) in [6.45, 7) is 0.428. The van der Waals surface area contributed by atoms with E-state index in [-0.39, 0.29) is 5.78 Å². The van der Waals surface area contributed by atoms with E-state index in [1.54, 1.807) is 6.07 Å². The fourth-order valence-corrected chi connectivity index (χ4v) is 2.99. The molecule has 0 amide bonds. The third-order valence-corrected chi connectivity index (χ3v) is 4.01. The van der Waals surface area contributed by atoms with Crippen LogP contribution in [0.3, 0.4) is 0 Å². The molecule has 1 aliphatic carbocycles. The van der Waals surface area contributed by atoms with Gasteiger partial charge in [-0.2, -0.15) is 0 Å². The average molecular weight is 264 g/mol. The Morgan fingerprint density at radius 2 is 2.27 bits per heavy atom. The van der Waals surface area contributed by atoms with Crippen LogP contribution in [0.1, 0.15) is 23.2 Å². The second kappa shape index (κ2) is 4.42. The predicted octanol–water partition coefficient (Wildman–Crippen LogP) is 3.33. The van der Waals surface area contributed by atoms with E-state index in [0.717, 1.165) is 0 Å². The molecular formula is C10H11Cl2NOS. The van der Waals surface area contributed by atoms with Crippen LogP contribution in [0.4, 0.5) is 0 Å². The van der Waals surface area contributed by atoms with Crippen LogP contribution in [0, 0.1) is 0 Å². The molecule has 0 spiro atoms. The summed E-state index contributed by atoms with van der Waals surface area (Å²) in [6, 6.07) is 2.24. The van der Waals surface area contributed by atoms with E-state index < -0.39 is 0 Å². The number of thiophene rings is 1. The molecule has 1 saturated carbocycles. The largest absolute Gasteiger partial charge is 0.296 e. The van der Waals surface area contributed by atoms with Crippen LogP contribution < -0.4 is 0 Å². The lowest BCUT2D eigenvalue weighted by atomic mass is 10.2. The molecule has 1 fully saturated rings. The fraction of sp³-hybridized carbons (Fsp3) is 0.500. The first-order valence-corrected chi connectivity index (χ1v) is 6.33. The fourth-order valence-electron chi connectivity index (χ4n) is 1.49. The highest BCUT2D eigenvalue weighted by Crippen LogP contribution is 2.32. The van der Waals surface area contributed by atoms with Crippen LogP contribution in [0.5, 0.6) is 0 Å². The second-order valence-corrected chi connectivity index (χ2v) is 6.09. The standard InChI is InChI=1S/C10H11Cl2NOS/c1-13(6-2-3-6)5-8(14)7-4-9(11)15-10(7)12/h4,6H,2-3,5H2,1H3. The molecule has 0 radical (unpaired) electrons. The second-order valence-electron chi connectivity index (χ2n) is 3.81. The summed E-state index contributed by atoms with van der Waals surface area (Å²) in [6.07, 6.45) is 2.39. The first kappa shape index (κ1) is 11.4. The van der Waals surface area contributed by atoms with Crippen molar-refractivity contribution in [3.63, 3.8) is 0 Å². The van der Waals surface area contributed by atoms with Crippen molar-refractivity contribution < 1.29 is 4.79 Å². The maximum atomic E-state index is 11.8. The van der Waals surface area contributed by atoms with Gasteiger partial charge >= 0.3 is 0 Å². The lowest BCUT2D eigenvalue weighted by Crippen LogP contribution is -2.27. The first-order chi connectivity index (χ1) is 7.08. The number of Topliss-reactive ketones (excluding diaryl/α,β-unsaturated/α-hetero) is 1. The van der Waals surface area contributed by atoms with E-state index in [1.807, 2.05) is 7.05 Å². The third kappa shape index (κ3) is 2.72. The van der Waals surface area contributed by atoms with Gasteiger partial charge in [-0.25, -0.2) is 0 Å². The van der Waals surface area contributed by atoms with Gasteiger partial charge in [0.05, 0.1) is 16.4 Å². The Morgan fingerprint density at radius 1 is 1.60 bits per heavy atom. The summed E-state index contributed by atoms with van der Waals surface area (Å²) in [5.41, 5.74) is 0.555. The maximum absolute atomic E-state index is 11.8. The molecular weight excluding hydrogens is 253 g/mol. The smallest absolute Gasteiger partial charge is 0.179 e. The topological polar surface area (TPSA) is 20.3 Å². The van der Waals surface area contributed by atoms with Crippen LogP contribution >= 0.6 is 34.5 Å². The monoisotopic (exact) mass is 263 g/mol. The zero-order valence-electron chi connectivity index (χ0n) is 8.30. The van der Waals surface area contributed by atoms with Gasteiger partial charge in [-0.3, -0.25) is 9.69 Å². The van der Waals surface area contributed by atoms with Crippen molar-refractivity contribution in [3.8, 4) is 0 Å². The molecule has 1 heterocycles. The van der Waals surface area contributed by atoms with E-state index >= 15 is 0 Å². The molecule has 2 nitrogen and oxygen atoms in total. The number of nitrogens with zero attached hydrogens (tertiary/aromatic N) is 1. The number of rotatable bonds is 4. The molecule has 0 bridgehead atoms. The number of hydrogen-bond donors (Lipinski definition) is 0. The summed E-state index contributed by atoms with van der Waals surface area (Å²) in [7, 11) is 1.97. The summed E-state index contributed by atoms with van der Waals surface area (Å²) in [5, 5.41) is 0. The molecule has 2 rings (SSSR count). The molecule has 5 heteroatoms. The first-order valence-electron chi connectivity index (χ1n) is 4.76. The van der Waals surface area contributed by atoms with Crippen molar-refractivity contribution in [3.05, 3.63) is 20.3 Å². The minimum atomic E-state index is 0.0533. The molecule has 0 N–H and O–H groups in total. The van der Waals surface area contributed by atoms with Crippen LogP contribution in [0.15, 0.2) is 6.07 Å². The number of carbonyl (C=O) groups excluding carboxylic acids is 1. The minimum absolute atomic E-state index is 0.0533. The highest BCUT2D eigenvalue weighted by molar-refractivity contribution is 7.20. The highest BCUT2D eigenvalue weighted by atomic mass is 35.5. The molecule has 15 heavy (non-hydrogen) atoms. The Kier molecular flexibility index (Phi) is 3.36. The Morgan fingerprint density at radius 3 is 2.73 bits per heavy atom. The minimum Gasteiger partial charge on any atom is -0.296 e. The van der Waals surface area contributed by atoms with Gasteiger partial charge in [0.2, 0.25) is 0 Å². The summed E-state index contributed by atoms with van der Waals surface area (Å²) in [4.78, 5) is 13.9. The van der Waals surface area contributed by atoms with Gasteiger partial charge in [0.15, 0.2) is 5.78 Å². The van der Waals surface area contributed by atoms with E-state index in [0.29, 0.717) is 26.8 Å². The normalized spacial score (nSPS) is 16.0. The number of ketones is 1. The Hall–Kier alpha value is -0.0900. The van der Waals surface area contributed by atoms with Crippen LogP contribution in [-0.2, 0) is 0 Å². The number of hydrogen-bond acceptors (Lipinski definition) is 3. The van der Waals surface area contributed by atoms with Crippen molar-refractivity contribution >= 4 is 40.3 Å². The van der Waals surface area contributed by atoms with Crippen molar-refractivity contribution in [1.29, 1.82) is 0 Å². The quantitative estimate of drug-likeness (QED) is 0.777. The van der Waals surface area contributed by atoms with Crippen molar-refractivity contribution in [2.45, 2.75) is 18.9 Å². The van der Waals surface area contributed by atoms with Crippen LogP contribution in [0.2, 0.25) is 8.67 Å². The molecule has 0 atom stereocenters. The molecule has 1 aromatic heterocycles. The molecule has 0 saturated heterocycles. The molecule has 1 aliphatic rings. The van der Waals surface area contributed by atoms with E-state index in [9.17, 15) is 4.79 Å². The van der Waals surface area contributed by atoms with Gasteiger partial charge < -0.3 is 0 Å². The van der Waals surface area contributed by atoms with Crippen LogP contribution in [-0.4, -0.2) is 30.3 Å². The third-order valence-electron chi connectivity index (χ3n) is 2.52. The SMILES string of the molecule is CN(CC(=O)c1cc(Cl)sc1Cl)C1CC1. The van der Waals surface area contributed by atoms with E-state index in [2.05, 4.69) is 4.90 Å². The van der Waals surface area contributed by atoms with Crippen molar-refractivity contribution in [1.82, 2.24) is 4.90 Å². The maximum Gasteiger partial charge on any atom is 0.179 e. The van der Waals surface area contributed by atoms with Crippen molar-refractivity contribution in [2.75, 3.05) is 13.6 Å². The summed E-state index contributed by atoms with van der Waals surface area (Å²) in [5.74, 6) is 0.0533. The Bertz CT molecular complexity index is 387. The lowest BCUT2D eigenvalue weighted by molar-refractivity contribution is 0.0943. The van der Waals surface area contributed by atoms with Gasteiger partial charge in [0, 0.05) is 6.04 Å². The Balaban J connectivity index is 2.03. The predicted molar refractivity (Wildman–Crippen MR) is 64.3 cm³/mol. The zero-order valence-corrected chi connectivity index (χ0v) is 10.6. The van der Waals surface area contributed by atoms with Gasteiger partial charge in [0.25, 0.3) is 0 Å². The van der Waals surface area contributed by atoms with Crippen LogP contribution in [0.25, 0.3) is 0 Å². The van der Waals surface area contributed by atoms with E-state index in [1.165, 1.54) is 24.2 Å². The zero-order chi connectivity index (χ0) is 11.0. The van der Waals surface area contributed by atoms with Gasteiger partial charge in [-0.15, -0.1) is 11.3 Å². The number of halogens is 2. The Labute approximate surface area is 103 Å². The highest BCUT2D eigenvalue weighted by Gasteiger charge is 2.28. The van der Waals surface area contributed by atoms with Gasteiger partial charge in [-0.05, 0) is 26.0 Å². The molecule has 0 aliphatic heterocycles. The lowest BCUT2D eigenvalue weighted by Gasteiger charge is -2.13. The molecule has 1 aromatic rings.